The average molecular weight is 325 g/mol. The Kier molecular flexibility index (Phi) is 2.97. The zero-order chi connectivity index (χ0) is 16.8. The van der Waals surface area contributed by atoms with Crippen LogP contribution in [0, 0.1) is 0 Å². The van der Waals surface area contributed by atoms with Gasteiger partial charge in [0, 0.05) is 17.0 Å². The van der Waals surface area contributed by atoms with Crippen LogP contribution in [-0.4, -0.2) is 14.0 Å². The maximum atomic E-state index is 13.2. The molecule has 0 N–H and O–H groups in total. The molecule has 0 radical (unpaired) electrons. The van der Waals surface area contributed by atoms with E-state index >= 15 is 0 Å². The molecule has 0 amide bonds. The molecule has 0 spiro atoms. The fourth-order valence-corrected chi connectivity index (χ4v) is 3.45. The smallest absolute Gasteiger partial charge is 0.260 e. The quantitative estimate of drug-likeness (QED) is 0.494. The molecule has 0 saturated carbocycles. The van der Waals surface area contributed by atoms with Crippen molar-refractivity contribution in [2.24, 2.45) is 0 Å². The minimum Gasteiger partial charge on any atom is -0.287 e. The van der Waals surface area contributed by atoms with E-state index in [0.717, 1.165) is 27.8 Å². The number of aromatic nitrogens is 3. The lowest BCUT2D eigenvalue weighted by atomic mass is 10.1. The summed E-state index contributed by atoms with van der Waals surface area (Å²) in [5.41, 5.74) is 3.64. The van der Waals surface area contributed by atoms with E-state index in [1.165, 1.54) is 0 Å². The van der Waals surface area contributed by atoms with Crippen LogP contribution in [0.25, 0.3) is 27.6 Å². The number of rotatable bonds is 2. The van der Waals surface area contributed by atoms with Crippen LogP contribution in [0.5, 0.6) is 0 Å². The molecule has 2 aromatic carbocycles. The van der Waals surface area contributed by atoms with Gasteiger partial charge >= 0.3 is 0 Å². The fourth-order valence-electron chi connectivity index (χ4n) is 3.45. The van der Waals surface area contributed by atoms with Crippen LogP contribution in [-0.2, 0) is 6.54 Å². The molecule has 0 aliphatic heterocycles. The third-order valence-electron chi connectivity index (χ3n) is 4.60. The number of imidazole rings is 1. The van der Waals surface area contributed by atoms with Gasteiger partial charge in [-0.05, 0) is 23.8 Å². The van der Waals surface area contributed by atoms with Crippen molar-refractivity contribution >= 4 is 27.6 Å². The molecule has 4 heteroatoms. The highest BCUT2D eigenvalue weighted by molar-refractivity contribution is 6.03. The van der Waals surface area contributed by atoms with Gasteiger partial charge in [-0.15, -0.1) is 0 Å². The van der Waals surface area contributed by atoms with Crippen molar-refractivity contribution in [3.05, 3.63) is 94.9 Å². The first-order valence-corrected chi connectivity index (χ1v) is 8.25. The number of hydrogen-bond donors (Lipinski definition) is 0. The van der Waals surface area contributed by atoms with Crippen LogP contribution in [0.1, 0.15) is 5.56 Å². The largest absolute Gasteiger partial charge is 0.287 e. The third kappa shape index (κ3) is 2.08. The highest BCUT2D eigenvalue weighted by Gasteiger charge is 2.16. The van der Waals surface area contributed by atoms with E-state index < -0.39 is 0 Å². The van der Waals surface area contributed by atoms with Crippen molar-refractivity contribution in [3.8, 4) is 0 Å². The first-order valence-electron chi connectivity index (χ1n) is 8.25. The second kappa shape index (κ2) is 5.31. The summed E-state index contributed by atoms with van der Waals surface area (Å²) in [6, 6.07) is 23.6. The monoisotopic (exact) mass is 325 g/mol. The minimum absolute atomic E-state index is 0.0117. The molecule has 4 nitrogen and oxygen atoms in total. The van der Waals surface area contributed by atoms with E-state index in [1.54, 1.807) is 0 Å². The Hall–Kier alpha value is -3.40. The second-order valence-corrected chi connectivity index (χ2v) is 6.14. The minimum atomic E-state index is 0.0117. The standard InChI is InChI=1S/C21H15N3O/c25-21-17-11-5-4-10-16(17)19-20(23-13-7-6-12-18(23)22-19)24(21)14-15-8-2-1-3-9-15/h1-13H,14H2. The molecule has 0 bridgehead atoms. The lowest BCUT2D eigenvalue weighted by Gasteiger charge is -2.11. The predicted octanol–water partition coefficient (Wildman–Crippen LogP) is 3.85. The molecule has 5 aromatic rings. The van der Waals surface area contributed by atoms with Crippen LogP contribution in [0.4, 0.5) is 0 Å². The van der Waals surface area contributed by atoms with Crippen molar-refractivity contribution < 1.29 is 0 Å². The van der Waals surface area contributed by atoms with Crippen LogP contribution >= 0.6 is 0 Å². The highest BCUT2D eigenvalue weighted by Crippen LogP contribution is 2.24. The van der Waals surface area contributed by atoms with E-state index in [0.29, 0.717) is 11.9 Å². The topological polar surface area (TPSA) is 39.3 Å². The van der Waals surface area contributed by atoms with Gasteiger partial charge in [0.2, 0.25) is 0 Å². The van der Waals surface area contributed by atoms with Gasteiger partial charge in [0.05, 0.1) is 6.54 Å². The Morgan fingerprint density at radius 2 is 1.52 bits per heavy atom. The normalized spacial score (nSPS) is 11.5. The van der Waals surface area contributed by atoms with Gasteiger partial charge in [-0.3, -0.25) is 13.8 Å². The van der Waals surface area contributed by atoms with E-state index in [9.17, 15) is 4.79 Å². The van der Waals surface area contributed by atoms with E-state index in [1.807, 2.05) is 88.0 Å². The first-order chi connectivity index (χ1) is 12.3. The zero-order valence-electron chi connectivity index (χ0n) is 13.5. The van der Waals surface area contributed by atoms with E-state index in [4.69, 9.17) is 4.98 Å². The van der Waals surface area contributed by atoms with E-state index in [2.05, 4.69) is 0 Å². The molecule has 120 valence electrons. The van der Waals surface area contributed by atoms with Crippen molar-refractivity contribution in [1.82, 2.24) is 14.0 Å². The summed E-state index contributed by atoms with van der Waals surface area (Å²) in [6.45, 7) is 0.518. The Labute approximate surface area is 143 Å². The van der Waals surface area contributed by atoms with Crippen molar-refractivity contribution in [2.45, 2.75) is 6.54 Å². The third-order valence-corrected chi connectivity index (χ3v) is 4.60. The summed E-state index contributed by atoms with van der Waals surface area (Å²) >= 11 is 0. The molecular formula is C21H15N3O. The molecule has 0 saturated heterocycles. The molecule has 3 aromatic heterocycles. The fraction of sp³-hybridized carbons (Fsp3) is 0.0476. The van der Waals surface area contributed by atoms with E-state index in [-0.39, 0.29) is 5.56 Å². The molecule has 5 rings (SSSR count). The van der Waals surface area contributed by atoms with Gasteiger partial charge in [0.1, 0.15) is 16.8 Å². The van der Waals surface area contributed by atoms with Crippen LogP contribution in [0.15, 0.2) is 83.8 Å². The maximum Gasteiger partial charge on any atom is 0.260 e. The number of nitrogens with zero attached hydrogens (tertiary/aromatic N) is 3. The first kappa shape index (κ1) is 14.0. The average Bonchev–Trinajstić information content (AvgIpc) is 3.06. The van der Waals surface area contributed by atoms with Gasteiger partial charge in [-0.1, -0.05) is 54.6 Å². The maximum absolute atomic E-state index is 13.2. The van der Waals surface area contributed by atoms with Gasteiger partial charge < -0.3 is 0 Å². The molecule has 0 aliphatic carbocycles. The predicted molar refractivity (Wildman–Crippen MR) is 100 cm³/mol. The lowest BCUT2D eigenvalue weighted by Crippen LogP contribution is -2.22. The summed E-state index contributed by atoms with van der Waals surface area (Å²) in [7, 11) is 0. The zero-order valence-corrected chi connectivity index (χ0v) is 13.5. The summed E-state index contributed by atoms with van der Waals surface area (Å²) in [6.07, 6.45) is 1.96. The van der Waals surface area contributed by atoms with Crippen LogP contribution < -0.4 is 5.56 Å². The molecule has 0 unspecified atom stereocenters. The Balaban J connectivity index is 1.96. The number of benzene rings is 2. The van der Waals surface area contributed by atoms with Crippen molar-refractivity contribution in [1.29, 1.82) is 0 Å². The van der Waals surface area contributed by atoms with Gasteiger partial charge in [-0.25, -0.2) is 4.98 Å². The Morgan fingerprint density at radius 1 is 0.800 bits per heavy atom. The van der Waals surface area contributed by atoms with Gasteiger partial charge in [0.15, 0.2) is 0 Å². The van der Waals surface area contributed by atoms with Gasteiger partial charge in [-0.2, -0.15) is 0 Å². The lowest BCUT2D eigenvalue weighted by molar-refractivity contribution is 0.787. The Bertz CT molecular complexity index is 1280. The summed E-state index contributed by atoms with van der Waals surface area (Å²) < 4.78 is 3.82. The SMILES string of the molecule is O=c1c2ccccc2c2nc3ccccn3c2n1Cc1ccccc1. The molecule has 0 atom stereocenters. The van der Waals surface area contributed by atoms with Crippen LogP contribution in [0.3, 0.4) is 0 Å². The van der Waals surface area contributed by atoms with Gasteiger partial charge in [0.25, 0.3) is 5.56 Å². The van der Waals surface area contributed by atoms with Crippen molar-refractivity contribution in [3.63, 3.8) is 0 Å². The highest BCUT2D eigenvalue weighted by atomic mass is 16.1. The van der Waals surface area contributed by atoms with Crippen molar-refractivity contribution in [2.75, 3.05) is 0 Å². The second-order valence-electron chi connectivity index (χ2n) is 6.14. The molecule has 25 heavy (non-hydrogen) atoms. The molecule has 3 heterocycles. The number of fused-ring (bicyclic) bond motifs is 5. The number of hydrogen-bond acceptors (Lipinski definition) is 2. The number of pyridine rings is 2. The van der Waals surface area contributed by atoms with Crippen LogP contribution in [0.2, 0.25) is 0 Å². The molecule has 0 aliphatic rings. The summed E-state index contributed by atoms with van der Waals surface area (Å²) in [5.74, 6) is 0. The summed E-state index contributed by atoms with van der Waals surface area (Å²) in [4.78, 5) is 18.0. The summed E-state index contributed by atoms with van der Waals surface area (Å²) in [5, 5.41) is 1.60. The molecular weight excluding hydrogens is 310 g/mol. The Morgan fingerprint density at radius 3 is 2.36 bits per heavy atom. The molecule has 0 fully saturated rings.